The lowest BCUT2D eigenvalue weighted by atomic mass is 10.1. The number of amides is 2. The van der Waals surface area contributed by atoms with Crippen molar-refractivity contribution in [2.24, 2.45) is 18.1 Å². The first-order valence-electron chi connectivity index (χ1n) is 15.5. The van der Waals surface area contributed by atoms with Crippen molar-refractivity contribution in [1.82, 2.24) is 20.0 Å². The van der Waals surface area contributed by atoms with Crippen molar-refractivity contribution < 1.29 is 23.9 Å². The first kappa shape index (κ1) is 33.6. The summed E-state index contributed by atoms with van der Waals surface area (Å²) in [4.78, 5) is 48.1. The van der Waals surface area contributed by atoms with Gasteiger partial charge in [0.2, 0.25) is 0 Å². The third-order valence-electron chi connectivity index (χ3n) is 7.57. The van der Waals surface area contributed by atoms with E-state index in [4.69, 9.17) is 14.5 Å². The van der Waals surface area contributed by atoms with E-state index in [1.807, 2.05) is 41.9 Å². The standard InChI is InChI=1S/C34H41N7O5/c1-5-24(6-2)23-46-34(44)39-37-21-25-11-14-27(15-12-25)36-22-31-38-28-20-26(13-16-29(28)40(31)4)33(43)41(19-17-32(42)45-7-3)30-10-8-9-18-35-30/h8-16,18,20-21,24,36H,5-7,17,19,22-23H2,1-4H3,(H,39,44). The monoisotopic (exact) mass is 627 g/mol. The zero-order chi connectivity index (χ0) is 32.9. The Balaban J connectivity index is 1.38. The summed E-state index contributed by atoms with van der Waals surface area (Å²) >= 11 is 0. The average Bonchev–Trinajstić information content (AvgIpc) is 3.39. The zero-order valence-corrected chi connectivity index (χ0v) is 26.7. The fraction of sp³-hybridized carbons (Fsp3) is 0.353. The number of esters is 1. The van der Waals surface area contributed by atoms with Crippen molar-refractivity contribution in [3.8, 4) is 0 Å². The second-order valence-electron chi connectivity index (χ2n) is 10.6. The lowest BCUT2D eigenvalue weighted by Crippen LogP contribution is -2.34. The molecule has 46 heavy (non-hydrogen) atoms. The normalized spacial score (nSPS) is 11.2. The maximum absolute atomic E-state index is 13.6. The number of carbonyl (C=O) groups is 3. The van der Waals surface area contributed by atoms with Crippen LogP contribution in [0.4, 0.5) is 16.3 Å². The first-order chi connectivity index (χ1) is 22.3. The van der Waals surface area contributed by atoms with Crippen LogP contribution in [0.3, 0.4) is 0 Å². The van der Waals surface area contributed by atoms with E-state index < -0.39 is 6.09 Å². The fourth-order valence-corrected chi connectivity index (χ4v) is 4.74. The van der Waals surface area contributed by atoms with Crippen LogP contribution in [-0.4, -0.2) is 58.5 Å². The number of pyridine rings is 1. The topological polar surface area (TPSA) is 140 Å². The summed E-state index contributed by atoms with van der Waals surface area (Å²) in [6.07, 6.45) is 4.56. The molecule has 12 nitrogen and oxygen atoms in total. The van der Waals surface area contributed by atoms with Gasteiger partial charge in [0, 0.05) is 31.0 Å². The van der Waals surface area contributed by atoms with Gasteiger partial charge in [0.15, 0.2) is 0 Å². The molecule has 4 rings (SSSR count). The molecule has 4 aromatic rings. The number of aromatic nitrogens is 3. The summed E-state index contributed by atoms with van der Waals surface area (Å²) in [5.74, 6) is 0.923. The van der Waals surface area contributed by atoms with E-state index in [1.54, 1.807) is 49.7 Å². The van der Waals surface area contributed by atoms with E-state index in [0.717, 1.165) is 35.4 Å². The van der Waals surface area contributed by atoms with Crippen LogP contribution in [0.1, 0.15) is 61.8 Å². The van der Waals surface area contributed by atoms with Crippen molar-refractivity contribution in [3.63, 3.8) is 0 Å². The molecule has 0 aliphatic carbocycles. The molecule has 0 aliphatic rings. The number of hydrogen-bond acceptors (Lipinski definition) is 9. The molecule has 0 aliphatic heterocycles. The number of imidazole rings is 1. The quantitative estimate of drug-likeness (QED) is 0.0975. The summed E-state index contributed by atoms with van der Waals surface area (Å²) in [6, 6.07) is 18.3. The van der Waals surface area contributed by atoms with Crippen LogP contribution in [0.25, 0.3) is 11.0 Å². The fourth-order valence-electron chi connectivity index (χ4n) is 4.74. The first-order valence-corrected chi connectivity index (χ1v) is 15.5. The van der Waals surface area contributed by atoms with E-state index >= 15 is 0 Å². The molecule has 0 spiro atoms. The Hall–Kier alpha value is -5.26. The SMILES string of the molecule is CCOC(=O)CCN(C(=O)c1ccc2c(c1)nc(CNc1ccc(C=NNC(=O)OCC(CC)CC)cc1)n2C)c1ccccn1. The van der Waals surface area contributed by atoms with Gasteiger partial charge in [0.1, 0.15) is 11.6 Å². The van der Waals surface area contributed by atoms with Crippen LogP contribution >= 0.6 is 0 Å². The zero-order valence-electron chi connectivity index (χ0n) is 26.7. The number of nitrogens with one attached hydrogen (secondary N) is 2. The number of carbonyl (C=O) groups excluding carboxylic acids is 3. The van der Waals surface area contributed by atoms with Crippen molar-refractivity contribution >= 4 is 46.7 Å². The summed E-state index contributed by atoms with van der Waals surface area (Å²) < 4.78 is 12.2. The molecule has 0 saturated heterocycles. The molecule has 0 atom stereocenters. The molecule has 0 bridgehead atoms. The van der Waals surface area contributed by atoms with Gasteiger partial charge in [-0.25, -0.2) is 20.2 Å². The molecule has 12 heteroatoms. The minimum atomic E-state index is -0.570. The molecule has 2 aromatic carbocycles. The van der Waals surface area contributed by atoms with Gasteiger partial charge in [-0.1, -0.05) is 44.9 Å². The Labute approximate surface area is 268 Å². The number of rotatable bonds is 15. The van der Waals surface area contributed by atoms with Gasteiger partial charge in [-0.05, 0) is 60.9 Å². The summed E-state index contributed by atoms with van der Waals surface area (Å²) in [7, 11) is 1.93. The summed E-state index contributed by atoms with van der Waals surface area (Å²) in [6.45, 7) is 7.13. The maximum Gasteiger partial charge on any atom is 0.427 e. The van der Waals surface area contributed by atoms with E-state index in [2.05, 4.69) is 34.7 Å². The van der Waals surface area contributed by atoms with Crippen molar-refractivity contribution in [2.75, 3.05) is 30.0 Å². The number of hydrazone groups is 1. The second kappa shape index (κ2) is 16.7. The minimum Gasteiger partial charge on any atom is -0.466 e. The van der Waals surface area contributed by atoms with Gasteiger partial charge in [-0.15, -0.1) is 0 Å². The number of ether oxygens (including phenoxy) is 2. The van der Waals surface area contributed by atoms with Crippen LogP contribution in [0.2, 0.25) is 0 Å². The average molecular weight is 628 g/mol. The lowest BCUT2D eigenvalue weighted by molar-refractivity contribution is -0.142. The van der Waals surface area contributed by atoms with Crippen LogP contribution in [0, 0.1) is 5.92 Å². The Kier molecular flexibility index (Phi) is 12.2. The Morgan fingerprint density at radius 3 is 2.50 bits per heavy atom. The smallest absolute Gasteiger partial charge is 0.427 e. The van der Waals surface area contributed by atoms with Gasteiger partial charge in [0.05, 0.1) is 43.4 Å². The van der Waals surface area contributed by atoms with Crippen LogP contribution in [0.5, 0.6) is 0 Å². The number of fused-ring (bicyclic) bond motifs is 1. The van der Waals surface area contributed by atoms with E-state index in [9.17, 15) is 14.4 Å². The highest BCUT2D eigenvalue weighted by molar-refractivity contribution is 6.07. The van der Waals surface area contributed by atoms with Crippen LogP contribution in [-0.2, 0) is 27.9 Å². The van der Waals surface area contributed by atoms with Crippen molar-refractivity contribution in [2.45, 2.75) is 46.6 Å². The largest absolute Gasteiger partial charge is 0.466 e. The van der Waals surface area contributed by atoms with Crippen molar-refractivity contribution in [3.05, 3.63) is 83.8 Å². The molecule has 242 valence electrons. The van der Waals surface area contributed by atoms with Crippen LogP contribution in [0.15, 0.2) is 72.0 Å². The molecule has 0 fully saturated rings. The molecule has 2 amide bonds. The predicted octanol–water partition coefficient (Wildman–Crippen LogP) is 5.68. The highest BCUT2D eigenvalue weighted by Crippen LogP contribution is 2.21. The summed E-state index contributed by atoms with van der Waals surface area (Å²) in [5, 5.41) is 7.34. The number of anilines is 2. The van der Waals surface area contributed by atoms with E-state index in [0.29, 0.717) is 36.0 Å². The Morgan fingerprint density at radius 2 is 1.80 bits per heavy atom. The predicted molar refractivity (Wildman–Crippen MR) is 178 cm³/mol. The molecular formula is C34H41N7O5. The number of nitrogens with zero attached hydrogens (tertiary/aromatic N) is 5. The Morgan fingerprint density at radius 1 is 1.02 bits per heavy atom. The molecular weight excluding hydrogens is 586 g/mol. The van der Waals surface area contributed by atoms with Gasteiger partial charge in [-0.2, -0.15) is 5.10 Å². The van der Waals surface area contributed by atoms with E-state index in [1.165, 1.54) is 4.90 Å². The highest BCUT2D eigenvalue weighted by Gasteiger charge is 2.21. The van der Waals surface area contributed by atoms with Crippen molar-refractivity contribution in [1.29, 1.82) is 0 Å². The summed E-state index contributed by atoms with van der Waals surface area (Å²) in [5.41, 5.74) is 6.07. The number of hydrogen-bond donors (Lipinski definition) is 2. The molecule has 2 aromatic heterocycles. The molecule has 2 N–H and O–H groups in total. The molecule has 0 radical (unpaired) electrons. The van der Waals surface area contributed by atoms with Gasteiger partial charge >= 0.3 is 12.1 Å². The van der Waals surface area contributed by atoms with Gasteiger partial charge in [-0.3, -0.25) is 14.5 Å². The third kappa shape index (κ3) is 9.13. The van der Waals surface area contributed by atoms with Crippen LogP contribution < -0.4 is 15.6 Å². The van der Waals surface area contributed by atoms with E-state index in [-0.39, 0.29) is 31.4 Å². The minimum absolute atomic E-state index is 0.0513. The molecule has 0 saturated carbocycles. The maximum atomic E-state index is 13.6. The molecule has 2 heterocycles. The molecule has 0 unspecified atom stereocenters. The lowest BCUT2D eigenvalue weighted by Gasteiger charge is -2.21. The van der Waals surface area contributed by atoms with Gasteiger partial charge in [0.25, 0.3) is 5.91 Å². The number of benzene rings is 2. The third-order valence-corrected chi connectivity index (χ3v) is 7.57. The number of aryl methyl sites for hydroxylation is 1. The Bertz CT molecular complexity index is 1630. The highest BCUT2D eigenvalue weighted by atomic mass is 16.6. The second-order valence-corrected chi connectivity index (χ2v) is 10.6. The van der Waals surface area contributed by atoms with Gasteiger partial charge < -0.3 is 19.4 Å².